The van der Waals surface area contributed by atoms with Gasteiger partial charge in [-0.2, -0.15) is 0 Å². The van der Waals surface area contributed by atoms with Crippen LogP contribution in [-0.2, 0) is 15.3 Å². The average Bonchev–Trinajstić information content (AvgIpc) is 1.12. The Labute approximate surface area is 82.3 Å². The molecule has 0 heterocycles. The molecule has 0 atom stereocenters. The summed E-state index contributed by atoms with van der Waals surface area (Å²) in [7, 11) is 0. The van der Waals surface area contributed by atoms with Crippen LogP contribution in [0.5, 0.6) is 0 Å². The third-order valence-electron chi connectivity index (χ3n) is 0. The maximum absolute atomic E-state index is 8.70. The van der Waals surface area contributed by atoms with Gasteiger partial charge in [-0.25, -0.2) is 0 Å². The van der Waals surface area contributed by atoms with Gasteiger partial charge in [0.05, 0.1) is 0 Å². The van der Waals surface area contributed by atoms with Crippen LogP contribution in [-0.4, -0.2) is 48.3 Å². The van der Waals surface area contributed by atoms with Gasteiger partial charge in [-0.05, 0) is 0 Å². The van der Waals surface area contributed by atoms with E-state index in [1.165, 1.54) is 0 Å². The van der Waals surface area contributed by atoms with Gasteiger partial charge in [0.25, 0.3) is 0 Å². The molecule has 0 unspecified atom stereocenters. The summed E-state index contributed by atoms with van der Waals surface area (Å²) in [5, 5.41) is 0. The quantitative estimate of drug-likeness (QED) is 0.407. The van der Waals surface area contributed by atoms with Gasteiger partial charge in [0.2, 0.25) is 0 Å². The van der Waals surface area contributed by atoms with E-state index >= 15 is 0 Å². The van der Waals surface area contributed by atoms with Crippen LogP contribution >= 0.6 is 0 Å². The van der Waals surface area contributed by atoms with Crippen LogP contribution < -0.4 is 18.7 Å². The second-order valence-corrected chi connectivity index (χ2v) is 4.34. The van der Waals surface area contributed by atoms with E-state index in [0.29, 0.717) is 0 Å². The number of hydrogen-bond donors (Lipinski definition) is 2. The van der Waals surface area contributed by atoms with Gasteiger partial charge in [0, 0.05) is 0 Å². The van der Waals surface area contributed by atoms with Gasteiger partial charge in [-0.15, -0.1) is 0 Å². The molecule has 0 aliphatic rings. The van der Waals surface area contributed by atoms with Gasteiger partial charge < -0.3 is 6.15 Å². The minimum atomic E-state index is -5.75. The van der Waals surface area contributed by atoms with Crippen LogP contribution in [0.1, 0.15) is 0 Å². The van der Waals surface area contributed by atoms with E-state index in [0.717, 1.165) is 0 Å². The first-order valence-corrected chi connectivity index (χ1v) is 7.01. The molecule has 0 aromatic rings. The van der Waals surface area contributed by atoms with Crippen molar-refractivity contribution in [3.05, 3.63) is 0 Å². The molecular formula is H4AlNO8Se2. The van der Waals surface area contributed by atoms with Crippen LogP contribution in [0.4, 0.5) is 0 Å². The van der Waals surface area contributed by atoms with Crippen LogP contribution in [0.25, 0.3) is 0 Å². The smallest absolute Gasteiger partial charge is 3.00 e. The summed E-state index contributed by atoms with van der Waals surface area (Å²) in [5.41, 5.74) is 0. The Morgan fingerprint density at radius 1 is 0.917 bits per heavy atom. The van der Waals surface area contributed by atoms with Crippen molar-refractivity contribution in [3.8, 4) is 0 Å². The van der Waals surface area contributed by atoms with Crippen molar-refractivity contribution < 1.29 is 32.1 Å². The van der Waals surface area contributed by atoms with Gasteiger partial charge >= 0.3 is 76.2 Å². The van der Waals surface area contributed by atoms with Crippen molar-refractivity contribution in [1.82, 2.24) is 6.15 Å². The molecule has 0 aromatic heterocycles. The zero-order valence-corrected chi connectivity index (χ0v) is 9.99. The SMILES string of the molecule is N.O=[Se](=O)([O-])O.O=[Se](=O)([O-])[O-].[Al+3]. The summed E-state index contributed by atoms with van der Waals surface area (Å²) in [6.45, 7) is 0. The molecule has 0 bridgehead atoms. The van der Waals surface area contributed by atoms with Crippen molar-refractivity contribution in [1.29, 1.82) is 0 Å². The Morgan fingerprint density at radius 3 is 0.917 bits per heavy atom. The fourth-order valence-corrected chi connectivity index (χ4v) is 0. The van der Waals surface area contributed by atoms with E-state index < -0.39 is 26.7 Å². The van der Waals surface area contributed by atoms with E-state index in [-0.39, 0.29) is 23.5 Å². The topological polar surface area (TPSA) is 193 Å². The molecule has 9 nitrogen and oxygen atoms in total. The summed E-state index contributed by atoms with van der Waals surface area (Å²) in [5.74, 6) is 0. The maximum atomic E-state index is 8.70. The molecular weight excluding hydrogens is 327 g/mol. The van der Waals surface area contributed by atoms with E-state index in [9.17, 15) is 0 Å². The van der Waals surface area contributed by atoms with Gasteiger partial charge in [-0.3, -0.25) is 0 Å². The second-order valence-electron chi connectivity index (χ2n) is 0.836. The van der Waals surface area contributed by atoms with Gasteiger partial charge in [0.1, 0.15) is 0 Å². The average molecular weight is 331 g/mol. The summed E-state index contributed by atoms with van der Waals surface area (Å²) in [6.07, 6.45) is 0. The minimum absolute atomic E-state index is 0. The van der Waals surface area contributed by atoms with Crippen LogP contribution in [0.15, 0.2) is 0 Å². The summed E-state index contributed by atoms with van der Waals surface area (Å²) < 4.78 is 67.5. The van der Waals surface area contributed by atoms with Gasteiger partial charge in [-0.1, -0.05) is 0 Å². The first-order valence-electron chi connectivity index (χ1n) is 1.35. The fraction of sp³-hybridized carbons (Fsp3) is 0. The number of hydrogen-bond acceptors (Lipinski definition) is 8. The zero-order valence-electron chi connectivity index (χ0n) is 5.41. The normalized spacial score (nSPS) is 9.67. The molecule has 0 fully saturated rings. The fourth-order valence-electron chi connectivity index (χ4n) is 0. The molecule has 4 N–H and O–H groups in total. The second kappa shape index (κ2) is 8.18. The molecule has 0 saturated carbocycles. The van der Waals surface area contributed by atoms with Crippen molar-refractivity contribution in [2.45, 2.75) is 0 Å². The Balaban J connectivity index is -0.0000000457. The Kier molecular flexibility index (Phi) is 15.6. The van der Waals surface area contributed by atoms with Crippen LogP contribution in [0.2, 0.25) is 0 Å². The third kappa shape index (κ3) is 2970. The molecule has 0 aliphatic carbocycles. The molecule has 72 valence electrons. The maximum Gasteiger partial charge on any atom is 3.00 e. The first kappa shape index (κ1) is 22.9. The molecule has 0 rings (SSSR count). The van der Waals surface area contributed by atoms with Crippen molar-refractivity contribution in [2.24, 2.45) is 0 Å². The Bertz CT molecular complexity index is 213. The van der Waals surface area contributed by atoms with Crippen LogP contribution in [0.3, 0.4) is 0 Å². The molecule has 12 heavy (non-hydrogen) atoms. The van der Waals surface area contributed by atoms with E-state index in [1.807, 2.05) is 0 Å². The Morgan fingerprint density at radius 2 is 0.917 bits per heavy atom. The van der Waals surface area contributed by atoms with Crippen molar-refractivity contribution >= 4 is 44.1 Å². The summed E-state index contributed by atoms with van der Waals surface area (Å²) in [4.78, 5) is 0. The molecule has 0 aliphatic heterocycles. The minimum Gasteiger partial charge on any atom is 3.00 e. The standard InChI is InChI=1S/Al.H3N.2H2O4Se/c;;2*1-5(2,3)4/h;1H3;2*(H2,1,2,3,4)/q+3;;;/p-3. The zero-order chi connectivity index (χ0) is 9.00. The van der Waals surface area contributed by atoms with Crippen molar-refractivity contribution in [2.75, 3.05) is 0 Å². The predicted molar refractivity (Wildman–Crippen MR) is 27.2 cm³/mol. The summed E-state index contributed by atoms with van der Waals surface area (Å²) in [6, 6.07) is 0. The number of rotatable bonds is 0. The molecule has 0 radical (unpaired) electrons. The third-order valence-corrected chi connectivity index (χ3v) is 0. The molecule has 0 saturated heterocycles. The monoisotopic (exact) mass is 333 g/mol. The Hall–Kier alpha value is 0.571. The summed E-state index contributed by atoms with van der Waals surface area (Å²) >= 11 is -11.2. The van der Waals surface area contributed by atoms with E-state index in [4.69, 9.17) is 32.1 Å². The van der Waals surface area contributed by atoms with Gasteiger partial charge in [0.15, 0.2) is 0 Å². The molecule has 0 aromatic carbocycles. The molecule has 0 amide bonds. The van der Waals surface area contributed by atoms with Crippen LogP contribution in [0, 0.1) is 0 Å². The van der Waals surface area contributed by atoms with E-state index in [2.05, 4.69) is 0 Å². The van der Waals surface area contributed by atoms with Crippen molar-refractivity contribution in [3.63, 3.8) is 0 Å². The molecule has 12 heteroatoms. The largest absolute Gasteiger partial charge is 3.00 e. The first-order chi connectivity index (χ1) is 4.00. The van der Waals surface area contributed by atoms with E-state index in [1.54, 1.807) is 0 Å². The predicted octanol–water partition coefficient (Wildman–Crippen LogP) is -5.58. The molecule has 0 spiro atoms.